The van der Waals surface area contributed by atoms with Gasteiger partial charge in [-0.1, -0.05) is 80.6 Å². The van der Waals surface area contributed by atoms with Crippen molar-refractivity contribution >= 4 is 11.9 Å². The number of benzene rings is 5. The van der Waals surface area contributed by atoms with Crippen LogP contribution in [0.2, 0.25) is 0 Å². The molecule has 2 unspecified atom stereocenters. The van der Waals surface area contributed by atoms with Crippen LogP contribution >= 0.6 is 0 Å². The minimum Gasteiger partial charge on any atom is -0.507 e. The third kappa shape index (κ3) is 7.91. The van der Waals surface area contributed by atoms with E-state index in [1.807, 2.05) is 80.6 Å². The second kappa shape index (κ2) is 15.0. The van der Waals surface area contributed by atoms with E-state index in [0.717, 1.165) is 22.4 Å². The van der Waals surface area contributed by atoms with Crippen molar-refractivity contribution in [2.75, 3.05) is 20.3 Å². The lowest BCUT2D eigenvalue weighted by atomic mass is 9.85. The van der Waals surface area contributed by atoms with E-state index in [1.54, 1.807) is 37.4 Å². The molecule has 0 fully saturated rings. The van der Waals surface area contributed by atoms with Crippen LogP contribution in [0.3, 0.4) is 0 Å². The van der Waals surface area contributed by atoms with Gasteiger partial charge in [-0.15, -0.1) is 0 Å². The molecule has 0 amide bonds. The summed E-state index contributed by atoms with van der Waals surface area (Å²) >= 11 is 0. The van der Waals surface area contributed by atoms with Crippen molar-refractivity contribution in [3.8, 4) is 28.7 Å². The van der Waals surface area contributed by atoms with Crippen molar-refractivity contribution in [2.24, 2.45) is 0 Å². The third-order valence-electron chi connectivity index (χ3n) is 8.00. The first-order valence-corrected chi connectivity index (χ1v) is 15.2. The largest absolute Gasteiger partial charge is 0.507 e. The number of phenolic OH excluding ortho intramolecular Hbond substituents is 1. The van der Waals surface area contributed by atoms with Gasteiger partial charge in [-0.2, -0.15) is 0 Å². The molecule has 0 aromatic heterocycles. The van der Waals surface area contributed by atoms with Crippen molar-refractivity contribution in [3.05, 3.63) is 149 Å². The smallest absolute Gasteiger partial charge is 0.347 e. The van der Waals surface area contributed by atoms with Crippen LogP contribution in [0, 0.1) is 0 Å². The lowest BCUT2D eigenvalue weighted by Gasteiger charge is -2.22. The highest BCUT2D eigenvalue weighted by Crippen LogP contribution is 2.39. The summed E-state index contributed by atoms with van der Waals surface area (Å²) in [6.45, 7) is 4.38. The molecule has 47 heavy (non-hydrogen) atoms. The zero-order chi connectivity index (χ0) is 33.3. The van der Waals surface area contributed by atoms with E-state index >= 15 is 0 Å². The van der Waals surface area contributed by atoms with Crippen molar-refractivity contribution in [2.45, 2.75) is 25.7 Å². The molecule has 0 radical (unpaired) electrons. The average Bonchev–Trinajstić information content (AvgIpc) is 3.10. The summed E-state index contributed by atoms with van der Waals surface area (Å²) in [6, 6.07) is 34.2. The lowest BCUT2D eigenvalue weighted by molar-refractivity contribution is 0.0679. The van der Waals surface area contributed by atoms with Crippen LogP contribution in [0.5, 0.6) is 28.7 Å². The number of methoxy groups -OCH3 is 1. The second-order valence-corrected chi connectivity index (χ2v) is 11.0. The number of carbonyl (C=O) groups is 2. The van der Waals surface area contributed by atoms with Crippen molar-refractivity contribution in [3.63, 3.8) is 0 Å². The molecule has 0 saturated carbocycles. The van der Waals surface area contributed by atoms with Gasteiger partial charge in [0.05, 0.1) is 7.11 Å². The van der Waals surface area contributed by atoms with Crippen LogP contribution in [0.15, 0.2) is 115 Å². The Hall–Kier alpha value is -5.76. The molecule has 5 aromatic rings. The van der Waals surface area contributed by atoms with Crippen molar-refractivity contribution in [1.82, 2.24) is 0 Å². The predicted molar refractivity (Wildman–Crippen MR) is 178 cm³/mol. The number of aromatic hydroxyl groups is 1. The van der Waals surface area contributed by atoms with Gasteiger partial charge in [-0.25, -0.2) is 9.59 Å². The maximum atomic E-state index is 13.5. The molecule has 0 heterocycles. The summed E-state index contributed by atoms with van der Waals surface area (Å²) in [6.07, 6.45) is 0. The summed E-state index contributed by atoms with van der Waals surface area (Å²) in [5.41, 5.74) is 2.97. The number of phenols is 1. The molecule has 240 valence electrons. The Kier molecular flexibility index (Phi) is 10.4. The maximum Gasteiger partial charge on any atom is 0.347 e. The van der Waals surface area contributed by atoms with Gasteiger partial charge in [-0.3, -0.25) is 0 Å². The monoisotopic (exact) mass is 632 g/mol. The number of hydrogen-bond acceptors (Lipinski definition) is 7. The van der Waals surface area contributed by atoms with Crippen molar-refractivity contribution < 1.29 is 38.7 Å². The molecule has 0 saturated heterocycles. The van der Waals surface area contributed by atoms with Gasteiger partial charge in [-0.05, 0) is 59.2 Å². The standard InChI is InChI=1S/C39H36O8/c1-25(27-10-6-4-7-11-27)29-22-34(26(2)28-12-8-5-9-13-28)37(35(23-29)38(41)42)47-39(43)33-19-18-32(24-36(33)40)46-21-20-45-31-16-14-30(44-3)15-17-31/h4-19,22-26,40H,20-21H2,1-3H3,(H,41,42). The molecule has 0 aliphatic rings. The number of hydrogen-bond donors (Lipinski definition) is 2. The molecule has 0 bridgehead atoms. The highest BCUT2D eigenvalue weighted by Gasteiger charge is 2.27. The number of rotatable bonds is 13. The Morgan fingerprint density at radius 1 is 0.638 bits per heavy atom. The van der Waals surface area contributed by atoms with E-state index in [2.05, 4.69) is 0 Å². The van der Waals surface area contributed by atoms with Crippen LogP contribution in [0.25, 0.3) is 0 Å². The first-order chi connectivity index (χ1) is 22.7. The summed E-state index contributed by atoms with van der Waals surface area (Å²) in [5.74, 6) is -1.32. The number of carbonyl (C=O) groups excluding carboxylic acids is 1. The quantitative estimate of drug-likeness (QED) is 0.0761. The van der Waals surface area contributed by atoms with Gasteiger partial charge >= 0.3 is 11.9 Å². The first-order valence-electron chi connectivity index (χ1n) is 15.2. The molecular weight excluding hydrogens is 596 g/mol. The average molecular weight is 633 g/mol. The van der Waals surface area contributed by atoms with Gasteiger partial charge in [0.25, 0.3) is 0 Å². The fourth-order valence-corrected chi connectivity index (χ4v) is 5.29. The molecule has 8 heteroatoms. The van der Waals surface area contributed by atoms with E-state index in [0.29, 0.717) is 17.1 Å². The highest BCUT2D eigenvalue weighted by molar-refractivity contribution is 5.98. The second-order valence-electron chi connectivity index (χ2n) is 11.0. The fourth-order valence-electron chi connectivity index (χ4n) is 5.29. The van der Waals surface area contributed by atoms with E-state index in [9.17, 15) is 19.8 Å². The van der Waals surface area contributed by atoms with Crippen LogP contribution in [-0.2, 0) is 0 Å². The maximum absolute atomic E-state index is 13.5. The molecule has 0 spiro atoms. The van der Waals surface area contributed by atoms with Gasteiger partial charge in [0, 0.05) is 23.5 Å². The first kappa shape index (κ1) is 32.6. The zero-order valence-corrected chi connectivity index (χ0v) is 26.4. The third-order valence-corrected chi connectivity index (χ3v) is 8.00. The van der Waals surface area contributed by atoms with Gasteiger partial charge < -0.3 is 29.2 Å². The SMILES string of the molecule is COc1ccc(OCCOc2ccc(C(=O)Oc3c(C(=O)O)cc(C(C)c4ccccc4)cc3C(C)c3ccccc3)c(O)c2)cc1. The predicted octanol–water partition coefficient (Wildman–Crippen LogP) is 8.08. The molecular formula is C39H36O8. The summed E-state index contributed by atoms with van der Waals surface area (Å²) in [5, 5.41) is 21.1. The highest BCUT2D eigenvalue weighted by atomic mass is 16.5. The number of aromatic carboxylic acids is 1. The molecule has 8 nitrogen and oxygen atoms in total. The number of esters is 1. The van der Waals surface area contributed by atoms with E-state index in [-0.39, 0.29) is 47.7 Å². The van der Waals surface area contributed by atoms with Crippen LogP contribution in [0.4, 0.5) is 0 Å². The molecule has 2 N–H and O–H groups in total. The Morgan fingerprint density at radius 2 is 1.19 bits per heavy atom. The van der Waals surface area contributed by atoms with Gasteiger partial charge in [0.1, 0.15) is 53.1 Å². The Morgan fingerprint density at radius 3 is 1.77 bits per heavy atom. The fraction of sp³-hybridized carbons (Fsp3) is 0.179. The molecule has 5 rings (SSSR count). The Bertz CT molecular complexity index is 1820. The van der Waals surface area contributed by atoms with E-state index < -0.39 is 11.9 Å². The Labute approximate surface area is 273 Å². The number of carboxylic acid groups (broad SMARTS) is 1. The number of carboxylic acids is 1. The zero-order valence-electron chi connectivity index (χ0n) is 26.4. The minimum absolute atomic E-state index is 0.0710. The normalized spacial score (nSPS) is 12.1. The summed E-state index contributed by atoms with van der Waals surface area (Å²) in [7, 11) is 1.59. The lowest BCUT2D eigenvalue weighted by Crippen LogP contribution is -2.16. The minimum atomic E-state index is -1.23. The topological polar surface area (TPSA) is 112 Å². The molecule has 0 aliphatic carbocycles. The molecule has 2 atom stereocenters. The Balaban J connectivity index is 1.38. The van der Waals surface area contributed by atoms with Crippen LogP contribution < -0.4 is 18.9 Å². The van der Waals surface area contributed by atoms with E-state index in [1.165, 1.54) is 18.2 Å². The van der Waals surface area contributed by atoms with Crippen molar-refractivity contribution in [1.29, 1.82) is 0 Å². The van der Waals surface area contributed by atoms with E-state index in [4.69, 9.17) is 18.9 Å². The van der Waals surface area contributed by atoms with Crippen LogP contribution in [-0.4, -0.2) is 42.5 Å². The van der Waals surface area contributed by atoms with Gasteiger partial charge in [0.2, 0.25) is 0 Å². The van der Waals surface area contributed by atoms with Crippen LogP contribution in [0.1, 0.15) is 68.7 Å². The summed E-state index contributed by atoms with van der Waals surface area (Å²) < 4.78 is 22.3. The van der Waals surface area contributed by atoms with Gasteiger partial charge in [0.15, 0.2) is 0 Å². The summed E-state index contributed by atoms with van der Waals surface area (Å²) in [4.78, 5) is 26.1. The number of ether oxygens (including phenoxy) is 4. The molecule has 5 aromatic carbocycles. The molecule has 0 aliphatic heterocycles.